The molecule has 0 aliphatic carbocycles. The third-order valence-electron chi connectivity index (χ3n) is 3.17. The van der Waals surface area contributed by atoms with Gasteiger partial charge in [-0.25, -0.2) is 0 Å². The SMILES string of the molecule is N#CC(c1cccc(Br)c1)c1cc2ccccc2[nH]1. The van der Waals surface area contributed by atoms with E-state index in [1.54, 1.807) is 0 Å². The number of nitrogens with one attached hydrogen (secondary N) is 1. The largest absolute Gasteiger partial charge is 0.357 e. The van der Waals surface area contributed by atoms with E-state index in [0.717, 1.165) is 26.6 Å². The number of rotatable bonds is 2. The molecule has 0 fully saturated rings. The van der Waals surface area contributed by atoms with E-state index in [2.05, 4.69) is 27.0 Å². The molecule has 2 aromatic carbocycles. The average Bonchev–Trinajstić information content (AvgIpc) is 2.83. The number of nitriles is 1. The van der Waals surface area contributed by atoms with Crippen LogP contribution in [0.3, 0.4) is 0 Å². The standard InChI is InChI=1S/C16H11BrN2/c17-13-6-3-5-11(8-13)14(10-18)16-9-12-4-1-2-7-15(12)19-16/h1-9,14,19H. The molecule has 3 aromatic rings. The Morgan fingerprint density at radius 1 is 1.05 bits per heavy atom. The van der Waals surface area contributed by atoms with Crippen molar-refractivity contribution in [3.05, 3.63) is 70.3 Å². The highest BCUT2D eigenvalue weighted by Crippen LogP contribution is 2.28. The predicted molar refractivity (Wildman–Crippen MR) is 79.9 cm³/mol. The summed E-state index contributed by atoms with van der Waals surface area (Å²) in [6.07, 6.45) is 0. The molecule has 0 spiro atoms. The third-order valence-corrected chi connectivity index (χ3v) is 3.67. The second-order valence-corrected chi connectivity index (χ2v) is 5.34. The molecule has 0 bridgehead atoms. The Morgan fingerprint density at radius 2 is 1.89 bits per heavy atom. The molecule has 1 N–H and O–H groups in total. The van der Waals surface area contributed by atoms with Crippen LogP contribution in [0.15, 0.2) is 59.1 Å². The van der Waals surface area contributed by atoms with Crippen LogP contribution in [0.5, 0.6) is 0 Å². The molecule has 0 aliphatic heterocycles. The summed E-state index contributed by atoms with van der Waals surface area (Å²) in [6.45, 7) is 0. The Kier molecular flexibility index (Phi) is 3.10. The van der Waals surface area contributed by atoms with Crippen molar-refractivity contribution in [1.82, 2.24) is 4.98 Å². The van der Waals surface area contributed by atoms with Crippen molar-refractivity contribution in [3.63, 3.8) is 0 Å². The molecule has 0 saturated heterocycles. The lowest BCUT2D eigenvalue weighted by atomic mass is 9.97. The van der Waals surface area contributed by atoms with Gasteiger partial charge in [0.2, 0.25) is 0 Å². The van der Waals surface area contributed by atoms with Crippen LogP contribution in [-0.2, 0) is 0 Å². The summed E-state index contributed by atoms with van der Waals surface area (Å²) in [4.78, 5) is 3.33. The van der Waals surface area contributed by atoms with Crippen molar-refractivity contribution < 1.29 is 0 Å². The quantitative estimate of drug-likeness (QED) is 0.739. The lowest BCUT2D eigenvalue weighted by molar-refractivity contribution is 0.990. The summed E-state index contributed by atoms with van der Waals surface area (Å²) < 4.78 is 0.987. The first-order chi connectivity index (χ1) is 9.28. The van der Waals surface area contributed by atoms with Crippen molar-refractivity contribution in [2.45, 2.75) is 5.92 Å². The van der Waals surface area contributed by atoms with Crippen molar-refractivity contribution in [1.29, 1.82) is 5.26 Å². The molecule has 0 aliphatic rings. The zero-order valence-corrected chi connectivity index (χ0v) is 11.7. The van der Waals surface area contributed by atoms with E-state index in [1.807, 2.05) is 54.6 Å². The molecular weight excluding hydrogens is 300 g/mol. The van der Waals surface area contributed by atoms with Gasteiger partial charge in [0.1, 0.15) is 5.92 Å². The number of para-hydroxylation sites is 1. The van der Waals surface area contributed by atoms with E-state index in [-0.39, 0.29) is 5.92 Å². The minimum Gasteiger partial charge on any atom is -0.357 e. The molecule has 19 heavy (non-hydrogen) atoms. The first-order valence-electron chi connectivity index (χ1n) is 6.00. The Bertz CT molecular complexity index is 735. The summed E-state index contributed by atoms with van der Waals surface area (Å²) in [6, 6.07) is 20.3. The molecule has 1 atom stereocenters. The Balaban J connectivity index is 2.10. The topological polar surface area (TPSA) is 39.6 Å². The number of aromatic amines is 1. The second kappa shape index (κ2) is 4.91. The molecule has 3 heteroatoms. The van der Waals surface area contributed by atoms with Gasteiger partial charge < -0.3 is 4.98 Å². The molecule has 1 heterocycles. The number of fused-ring (bicyclic) bond motifs is 1. The summed E-state index contributed by atoms with van der Waals surface area (Å²) in [7, 11) is 0. The lowest BCUT2D eigenvalue weighted by Crippen LogP contribution is -1.98. The smallest absolute Gasteiger partial charge is 0.111 e. The molecule has 1 unspecified atom stereocenters. The van der Waals surface area contributed by atoms with Crippen molar-refractivity contribution in [2.24, 2.45) is 0 Å². The van der Waals surface area contributed by atoms with Gasteiger partial charge in [0.15, 0.2) is 0 Å². The van der Waals surface area contributed by atoms with Gasteiger partial charge in [-0.15, -0.1) is 0 Å². The molecule has 0 amide bonds. The Morgan fingerprint density at radius 3 is 2.63 bits per heavy atom. The minimum atomic E-state index is -0.273. The van der Waals surface area contributed by atoms with Gasteiger partial charge in [0.25, 0.3) is 0 Å². The van der Waals surface area contributed by atoms with Crippen LogP contribution in [0.1, 0.15) is 17.2 Å². The number of hydrogen-bond acceptors (Lipinski definition) is 1. The maximum absolute atomic E-state index is 9.46. The van der Waals surface area contributed by atoms with Crippen LogP contribution >= 0.6 is 15.9 Å². The first-order valence-corrected chi connectivity index (χ1v) is 6.80. The van der Waals surface area contributed by atoms with Crippen LogP contribution in [0.2, 0.25) is 0 Å². The number of halogens is 1. The van der Waals surface area contributed by atoms with Crippen LogP contribution < -0.4 is 0 Å². The zero-order chi connectivity index (χ0) is 13.2. The summed E-state index contributed by atoms with van der Waals surface area (Å²) in [5.41, 5.74) is 2.98. The van der Waals surface area contributed by atoms with Crippen molar-refractivity contribution >= 4 is 26.8 Å². The van der Waals surface area contributed by atoms with E-state index in [4.69, 9.17) is 0 Å². The van der Waals surface area contributed by atoms with Gasteiger partial charge >= 0.3 is 0 Å². The zero-order valence-electron chi connectivity index (χ0n) is 10.1. The van der Waals surface area contributed by atoms with Gasteiger partial charge in [-0.2, -0.15) is 5.26 Å². The van der Waals surface area contributed by atoms with E-state index >= 15 is 0 Å². The summed E-state index contributed by atoms with van der Waals surface area (Å²) in [5.74, 6) is -0.273. The highest BCUT2D eigenvalue weighted by molar-refractivity contribution is 9.10. The third kappa shape index (κ3) is 2.27. The number of benzene rings is 2. The maximum Gasteiger partial charge on any atom is 0.111 e. The van der Waals surface area contributed by atoms with Crippen molar-refractivity contribution in [3.8, 4) is 6.07 Å². The normalized spacial score (nSPS) is 12.2. The van der Waals surface area contributed by atoms with Gasteiger partial charge in [0.05, 0.1) is 6.07 Å². The number of nitrogens with zero attached hydrogens (tertiary/aromatic N) is 1. The van der Waals surface area contributed by atoms with E-state index in [9.17, 15) is 5.26 Å². The summed E-state index contributed by atoms with van der Waals surface area (Å²) >= 11 is 3.45. The van der Waals surface area contributed by atoms with Gasteiger partial charge in [-0.3, -0.25) is 0 Å². The maximum atomic E-state index is 9.46. The average molecular weight is 311 g/mol. The first kappa shape index (κ1) is 12.0. The highest BCUT2D eigenvalue weighted by Gasteiger charge is 2.15. The van der Waals surface area contributed by atoms with Crippen molar-refractivity contribution in [2.75, 3.05) is 0 Å². The van der Waals surface area contributed by atoms with E-state index in [1.165, 1.54) is 0 Å². The Hall–Kier alpha value is -2.05. The van der Waals surface area contributed by atoms with Gasteiger partial charge in [0, 0.05) is 15.7 Å². The van der Waals surface area contributed by atoms with Gasteiger partial charge in [-0.1, -0.05) is 46.3 Å². The van der Waals surface area contributed by atoms with E-state index < -0.39 is 0 Å². The fourth-order valence-corrected chi connectivity index (χ4v) is 2.68. The number of H-pyrrole nitrogens is 1. The monoisotopic (exact) mass is 310 g/mol. The molecule has 0 radical (unpaired) electrons. The molecule has 92 valence electrons. The van der Waals surface area contributed by atoms with Crippen LogP contribution in [-0.4, -0.2) is 4.98 Å². The van der Waals surface area contributed by atoms with E-state index in [0.29, 0.717) is 0 Å². The molecule has 0 saturated carbocycles. The highest BCUT2D eigenvalue weighted by atomic mass is 79.9. The van der Waals surface area contributed by atoms with Crippen LogP contribution in [0, 0.1) is 11.3 Å². The van der Waals surface area contributed by atoms with Gasteiger partial charge in [-0.05, 0) is 35.2 Å². The lowest BCUT2D eigenvalue weighted by Gasteiger charge is -2.07. The van der Waals surface area contributed by atoms with Crippen LogP contribution in [0.25, 0.3) is 10.9 Å². The number of hydrogen-bond donors (Lipinski definition) is 1. The minimum absolute atomic E-state index is 0.273. The molecule has 2 nitrogen and oxygen atoms in total. The fraction of sp³-hybridized carbons (Fsp3) is 0.0625. The predicted octanol–water partition coefficient (Wildman–Crippen LogP) is 4.59. The summed E-state index contributed by atoms with van der Waals surface area (Å²) in [5, 5.41) is 10.6. The second-order valence-electron chi connectivity index (χ2n) is 4.43. The number of aromatic nitrogens is 1. The molecule has 1 aromatic heterocycles. The Labute approximate surface area is 119 Å². The molecule has 3 rings (SSSR count). The fourth-order valence-electron chi connectivity index (χ4n) is 2.26. The van der Waals surface area contributed by atoms with Crippen LogP contribution in [0.4, 0.5) is 0 Å². The molecular formula is C16H11BrN2.